The van der Waals surface area contributed by atoms with Crippen molar-refractivity contribution >= 4 is 112 Å². The van der Waals surface area contributed by atoms with Gasteiger partial charge in [0.2, 0.25) is 0 Å². The van der Waals surface area contributed by atoms with Gasteiger partial charge in [-0.3, -0.25) is 0 Å². The lowest BCUT2D eigenvalue weighted by Gasteiger charge is -2.03. The van der Waals surface area contributed by atoms with Gasteiger partial charge >= 0.3 is 0 Å². The molecule has 9 heteroatoms. The molecule has 0 unspecified atom stereocenters. The van der Waals surface area contributed by atoms with Gasteiger partial charge in [-0.2, -0.15) is 0 Å². The lowest BCUT2D eigenvalue weighted by molar-refractivity contribution is 0.475. The molecule has 3 nitrogen and oxygen atoms in total. The zero-order valence-electron chi connectivity index (χ0n) is 8.03. The Balaban J connectivity index is 0.000000302. The summed E-state index contributed by atoms with van der Waals surface area (Å²) in [5.41, 5.74) is 0. The van der Waals surface area contributed by atoms with Crippen molar-refractivity contribution in [3.05, 3.63) is 29.3 Å². The van der Waals surface area contributed by atoms with Gasteiger partial charge in [-0.05, 0) is 24.3 Å². The molecule has 0 radical (unpaired) electrons. The monoisotopic (exact) mass is 726 g/mol. The maximum absolute atomic E-state index is 11.0. The van der Waals surface area contributed by atoms with E-state index in [1.54, 1.807) is 24.3 Å². The van der Waals surface area contributed by atoms with E-state index in [1.165, 1.54) is 0 Å². The fraction of sp³-hybridized carbons (Fsp3) is 0.250. The molecule has 0 aliphatic heterocycles. The van der Waals surface area contributed by atoms with Crippen LogP contribution in [0.15, 0.2) is 24.3 Å². The second-order valence-electron chi connectivity index (χ2n) is 2.59. The van der Waals surface area contributed by atoms with Gasteiger partial charge in [0.15, 0.2) is 12.4 Å². The number of aromatic hydroxyl groups is 1. The summed E-state index contributed by atoms with van der Waals surface area (Å²) in [7, 11) is -2.87. The van der Waals surface area contributed by atoms with Crippen molar-refractivity contribution in [1.82, 2.24) is 0 Å². The molecular formula is C8H7ClI4O3S. The van der Waals surface area contributed by atoms with Crippen LogP contribution in [0.5, 0.6) is 5.75 Å². The van der Waals surface area contributed by atoms with Crippen molar-refractivity contribution in [3.8, 4) is 5.75 Å². The zero-order valence-corrected chi connectivity index (χ0v) is 18.2. The summed E-state index contributed by atoms with van der Waals surface area (Å²) in [5, 5.41) is 9.34. The van der Waals surface area contributed by atoms with E-state index in [-0.39, 0.29) is 8.28 Å². The number of hydrogen-bond donors (Lipinski definition) is 1. The van der Waals surface area contributed by atoms with Gasteiger partial charge in [-0.15, -0.1) is 0 Å². The quantitative estimate of drug-likeness (QED) is 0.354. The molecule has 0 atom stereocenters. The fourth-order valence-electron chi connectivity index (χ4n) is 0.519. The van der Waals surface area contributed by atoms with E-state index >= 15 is 0 Å². The number of hydrogen-bond acceptors (Lipinski definition) is 3. The molecular weight excluding hydrogens is 719 g/mol. The van der Waals surface area contributed by atoms with Crippen LogP contribution >= 0.6 is 102 Å². The van der Waals surface area contributed by atoms with Crippen LogP contribution in [0.4, 0.5) is 0 Å². The molecule has 0 heterocycles. The van der Waals surface area contributed by atoms with E-state index in [2.05, 4.69) is 0 Å². The van der Waals surface area contributed by atoms with Gasteiger partial charge in [-0.25, -0.2) is 8.42 Å². The first-order valence-corrected chi connectivity index (χ1v) is 10.9. The second kappa shape index (κ2) is 9.18. The van der Waals surface area contributed by atoms with Gasteiger partial charge in [0.1, 0.15) is 5.75 Å². The van der Waals surface area contributed by atoms with Crippen LogP contribution in [0.2, 0.25) is 5.02 Å². The molecule has 1 rings (SSSR count). The molecule has 0 bridgehead atoms. The van der Waals surface area contributed by atoms with E-state index in [0.29, 0.717) is 5.02 Å². The van der Waals surface area contributed by atoms with Crippen LogP contribution in [0.25, 0.3) is 0 Å². The van der Waals surface area contributed by atoms with E-state index in [4.69, 9.17) is 16.7 Å². The van der Waals surface area contributed by atoms with Gasteiger partial charge < -0.3 is 5.11 Å². The standard InChI is InChI=1S/C6H5ClO.C2H2I4O2S/c7-5-1-3-6(8)4-2-5;3-1(4)9(7,8)2(5)6/h1-4,8H;1-2H. The molecule has 0 fully saturated rings. The third kappa shape index (κ3) is 8.14. The third-order valence-electron chi connectivity index (χ3n) is 1.32. The average molecular weight is 726 g/mol. The van der Waals surface area contributed by atoms with Crippen molar-refractivity contribution in [1.29, 1.82) is 0 Å². The average Bonchev–Trinajstić information content (AvgIpc) is 2.23. The molecule has 1 aromatic rings. The molecule has 0 spiro atoms. The molecule has 17 heavy (non-hydrogen) atoms. The lowest BCUT2D eigenvalue weighted by Crippen LogP contribution is -2.13. The first-order chi connectivity index (χ1) is 7.67. The molecule has 1 N–H and O–H groups in total. The summed E-state index contributed by atoms with van der Waals surface area (Å²) in [6, 6.07) is 6.36. The van der Waals surface area contributed by atoms with Crippen LogP contribution in [0.3, 0.4) is 0 Å². The number of benzene rings is 1. The topological polar surface area (TPSA) is 54.4 Å². The second-order valence-corrected chi connectivity index (χ2v) is 18.3. The third-order valence-corrected chi connectivity index (χ3v) is 11.1. The van der Waals surface area contributed by atoms with E-state index in [1.807, 2.05) is 90.4 Å². The number of phenols is 1. The van der Waals surface area contributed by atoms with E-state index in [9.17, 15) is 8.42 Å². The van der Waals surface area contributed by atoms with Gasteiger partial charge in [0.05, 0.1) is 0 Å². The molecule has 1 aromatic carbocycles. The SMILES string of the molecule is O=S(=O)(C(I)I)C(I)I.Oc1ccc(Cl)cc1. The first kappa shape index (κ1) is 19.2. The zero-order chi connectivity index (χ0) is 13.6. The Hall–Kier alpha value is 2.18. The van der Waals surface area contributed by atoms with E-state index < -0.39 is 9.84 Å². The largest absolute Gasteiger partial charge is 0.508 e. The Labute approximate surface area is 160 Å². The molecule has 0 aliphatic carbocycles. The summed E-state index contributed by atoms with van der Waals surface area (Å²) in [5.74, 6) is 0.245. The molecule has 0 amide bonds. The van der Waals surface area contributed by atoms with Crippen LogP contribution in [-0.4, -0.2) is 16.1 Å². The minimum Gasteiger partial charge on any atom is -0.508 e. The molecule has 0 saturated heterocycles. The van der Waals surface area contributed by atoms with E-state index in [0.717, 1.165) is 0 Å². The van der Waals surface area contributed by atoms with Crippen molar-refractivity contribution < 1.29 is 13.5 Å². The summed E-state index contributed by atoms with van der Waals surface area (Å²) in [6.45, 7) is 0. The Morgan fingerprint density at radius 2 is 1.35 bits per heavy atom. The van der Waals surface area contributed by atoms with Crippen LogP contribution in [0.1, 0.15) is 0 Å². The summed E-state index contributed by atoms with van der Waals surface area (Å²) in [4.78, 5) is 0. The van der Waals surface area contributed by atoms with Crippen molar-refractivity contribution in [2.75, 3.05) is 0 Å². The number of phenolic OH excluding ortho intramolecular Hbond substituents is 1. The highest BCUT2D eigenvalue weighted by molar-refractivity contribution is 14.2. The Morgan fingerprint density at radius 1 is 1.00 bits per heavy atom. The van der Waals surface area contributed by atoms with Crippen molar-refractivity contribution in [2.24, 2.45) is 0 Å². The summed E-state index contributed by atoms with van der Waals surface area (Å²) in [6.07, 6.45) is 0. The Kier molecular flexibility index (Phi) is 10.4. The van der Waals surface area contributed by atoms with Crippen LogP contribution in [-0.2, 0) is 9.84 Å². The summed E-state index contributed by atoms with van der Waals surface area (Å²) >= 11 is 13.1. The van der Waals surface area contributed by atoms with Gasteiger partial charge in [0, 0.05) is 5.02 Å². The molecule has 0 aromatic heterocycles. The molecule has 0 saturated carbocycles. The fourth-order valence-corrected chi connectivity index (χ4v) is 11.1. The van der Waals surface area contributed by atoms with Crippen molar-refractivity contribution in [3.63, 3.8) is 0 Å². The number of rotatable bonds is 2. The maximum atomic E-state index is 11.0. The smallest absolute Gasteiger partial charge is 0.192 e. The molecule has 0 aliphatic rings. The molecule has 98 valence electrons. The summed E-state index contributed by atoms with van der Waals surface area (Å²) < 4.78 is 21.4. The minimum absolute atomic E-state index is 0.245. The minimum atomic E-state index is -2.87. The van der Waals surface area contributed by atoms with Gasteiger partial charge in [-0.1, -0.05) is 102 Å². The van der Waals surface area contributed by atoms with Gasteiger partial charge in [0.25, 0.3) is 0 Å². The highest BCUT2D eigenvalue weighted by atomic mass is 127. The number of sulfone groups is 1. The van der Waals surface area contributed by atoms with Crippen molar-refractivity contribution in [2.45, 2.75) is 2.53 Å². The van der Waals surface area contributed by atoms with Crippen LogP contribution in [0, 0.1) is 0 Å². The Morgan fingerprint density at radius 3 is 1.53 bits per heavy atom. The van der Waals surface area contributed by atoms with Crippen LogP contribution < -0.4 is 0 Å². The lowest BCUT2D eigenvalue weighted by atomic mass is 10.3. The highest BCUT2D eigenvalue weighted by Gasteiger charge is 2.25. The predicted octanol–water partition coefficient (Wildman–Crippen LogP) is 4.75. The number of halogens is 5. The first-order valence-electron chi connectivity index (χ1n) is 3.91. The predicted molar refractivity (Wildman–Crippen MR) is 106 cm³/mol. The number of alkyl halides is 4. The highest BCUT2D eigenvalue weighted by Crippen LogP contribution is 2.29. The maximum Gasteiger partial charge on any atom is 0.192 e. The normalized spacial score (nSPS) is 11.2. The Bertz CT molecular complexity index is 398.